The molecule has 0 spiro atoms. The van der Waals surface area contributed by atoms with Crippen molar-refractivity contribution < 1.29 is 26.9 Å². The fourth-order valence-corrected chi connectivity index (χ4v) is 4.90. The first-order valence-corrected chi connectivity index (χ1v) is 12.1. The van der Waals surface area contributed by atoms with Gasteiger partial charge in [-0.2, -0.15) is 13.2 Å². The fourth-order valence-electron chi connectivity index (χ4n) is 4.90. The molecule has 1 amide bonds. The van der Waals surface area contributed by atoms with Crippen LogP contribution in [-0.4, -0.2) is 33.6 Å². The van der Waals surface area contributed by atoms with E-state index in [0.717, 1.165) is 42.8 Å². The maximum absolute atomic E-state index is 14.4. The zero-order chi connectivity index (χ0) is 26.2. The number of carbonyl (C=O) groups is 1. The third kappa shape index (κ3) is 5.53. The van der Waals surface area contributed by atoms with Gasteiger partial charge in [-0.15, -0.1) is 0 Å². The Morgan fingerprint density at radius 3 is 2.68 bits per heavy atom. The molecule has 1 atom stereocenters. The lowest BCUT2D eigenvalue weighted by Gasteiger charge is -2.21. The number of hydrogen-bond acceptors (Lipinski definition) is 4. The van der Waals surface area contributed by atoms with Gasteiger partial charge in [-0.3, -0.25) is 9.69 Å². The van der Waals surface area contributed by atoms with Gasteiger partial charge in [-0.1, -0.05) is 11.2 Å². The molecule has 1 aliphatic heterocycles. The Labute approximate surface area is 210 Å². The maximum Gasteiger partial charge on any atom is 0.416 e. The van der Waals surface area contributed by atoms with E-state index in [9.17, 15) is 22.4 Å². The molecule has 10 heteroatoms. The van der Waals surface area contributed by atoms with E-state index in [1.807, 2.05) is 30.5 Å². The number of nitrogens with zero attached hydrogens (tertiary/aromatic N) is 3. The Morgan fingerprint density at radius 2 is 1.95 bits per heavy atom. The third-order valence-electron chi connectivity index (χ3n) is 6.80. The molecule has 6 nitrogen and oxygen atoms in total. The summed E-state index contributed by atoms with van der Waals surface area (Å²) in [6.45, 7) is 3.44. The van der Waals surface area contributed by atoms with E-state index in [4.69, 9.17) is 4.52 Å². The van der Waals surface area contributed by atoms with Gasteiger partial charge in [-0.05, 0) is 69.1 Å². The van der Waals surface area contributed by atoms with Crippen LogP contribution in [-0.2, 0) is 12.7 Å². The number of likely N-dealkylation sites (tertiary alicyclic amines) is 1. The third-order valence-corrected chi connectivity index (χ3v) is 6.80. The quantitative estimate of drug-likeness (QED) is 0.306. The minimum absolute atomic E-state index is 0.217. The summed E-state index contributed by atoms with van der Waals surface area (Å²) in [5.41, 5.74) is 1.21. The van der Waals surface area contributed by atoms with Crippen LogP contribution in [0, 0.1) is 12.7 Å². The molecule has 0 aliphatic carbocycles. The largest absolute Gasteiger partial charge is 0.416 e. The second-order valence-electron chi connectivity index (χ2n) is 9.44. The highest BCUT2D eigenvalue weighted by molar-refractivity contribution is 6.03. The summed E-state index contributed by atoms with van der Waals surface area (Å²) >= 11 is 0. The summed E-state index contributed by atoms with van der Waals surface area (Å²) in [5.74, 6) is -0.610. The normalized spacial score (nSPS) is 17.2. The monoisotopic (exact) mass is 514 g/mol. The van der Waals surface area contributed by atoms with E-state index in [2.05, 4.69) is 19.9 Å². The number of anilines is 1. The average molecular weight is 515 g/mol. The first-order valence-electron chi connectivity index (χ1n) is 12.1. The zero-order valence-electron chi connectivity index (χ0n) is 20.2. The van der Waals surface area contributed by atoms with Crippen molar-refractivity contribution in [2.75, 3.05) is 18.4 Å². The van der Waals surface area contributed by atoms with Gasteiger partial charge in [0, 0.05) is 53.5 Å². The summed E-state index contributed by atoms with van der Waals surface area (Å²) < 4.78 is 60.1. The highest BCUT2D eigenvalue weighted by Crippen LogP contribution is 2.32. The van der Waals surface area contributed by atoms with Crippen LogP contribution in [0.2, 0.25) is 0 Å². The van der Waals surface area contributed by atoms with E-state index in [-0.39, 0.29) is 29.8 Å². The molecular formula is C27H26F4N4O2. The van der Waals surface area contributed by atoms with Crippen LogP contribution in [0.25, 0.3) is 10.9 Å². The van der Waals surface area contributed by atoms with Crippen molar-refractivity contribution in [2.45, 2.75) is 44.9 Å². The molecular weight excluding hydrogens is 488 g/mol. The first kappa shape index (κ1) is 25.0. The number of hydrogen-bond donors (Lipinski definition) is 1. The van der Waals surface area contributed by atoms with E-state index < -0.39 is 17.6 Å². The number of halogens is 4. The summed E-state index contributed by atoms with van der Waals surface area (Å²) in [6.07, 6.45) is 0.123. The van der Waals surface area contributed by atoms with Gasteiger partial charge < -0.3 is 14.4 Å². The van der Waals surface area contributed by atoms with Crippen molar-refractivity contribution in [3.8, 4) is 0 Å². The standard InChI is InChI=1S/C27H26F4N4O2/c1-17-13-24(33-37-17)26(36)32-21-6-7-25-18(14-21)8-12-35(25)22-3-2-10-34(11-9-22)16-19-4-5-20(15-23(19)28)27(29,30)31/h4-8,12-15,22H,2-3,9-11,16H2,1H3,(H,32,36). The molecule has 0 bridgehead atoms. The van der Waals surface area contributed by atoms with Gasteiger partial charge in [0.2, 0.25) is 0 Å². The van der Waals surface area contributed by atoms with Gasteiger partial charge in [0.25, 0.3) is 5.91 Å². The molecule has 0 saturated carbocycles. The Balaban J connectivity index is 1.24. The number of alkyl halides is 3. The summed E-state index contributed by atoms with van der Waals surface area (Å²) in [6, 6.07) is 12.3. The number of amides is 1. The van der Waals surface area contributed by atoms with E-state index >= 15 is 0 Å². The van der Waals surface area contributed by atoms with E-state index in [1.54, 1.807) is 13.0 Å². The van der Waals surface area contributed by atoms with Gasteiger partial charge in [0.05, 0.1) is 5.56 Å². The number of aryl methyl sites for hydroxylation is 1. The van der Waals surface area contributed by atoms with Crippen LogP contribution in [0.15, 0.2) is 59.3 Å². The van der Waals surface area contributed by atoms with Crippen molar-refractivity contribution in [3.05, 3.63) is 83.1 Å². The molecule has 1 N–H and O–H groups in total. The van der Waals surface area contributed by atoms with E-state index in [0.29, 0.717) is 24.1 Å². The van der Waals surface area contributed by atoms with Crippen LogP contribution in [0.3, 0.4) is 0 Å². The number of aromatic nitrogens is 2. The zero-order valence-corrected chi connectivity index (χ0v) is 20.2. The summed E-state index contributed by atoms with van der Waals surface area (Å²) in [4.78, 5) is 14.5. The van der Waals surface area contributed by atoms with Crippen molar-refractivity contribution >= 4 is 22.5 Å². The van der Waals surface area contributed by atoms with Crippen LogP contribution in [0.4, 0.5) is 23.2 Å². The molecule has 1 saturated heterocycles. The van der Waals surface area contributed by atoms with Gasteiger partial charge in [-0.25, -0.2) is 4.39 Å². The number of fused-ring (bicyclic) bond motifs is 1. The Bertz CT molecular complexity index is 1430. The van der Waals surface area contributed by atoms with Crippen LogP contribution in [0.5, 0.6) is 0 Å². The van der Waals surface area contributed by atoms with Gasteiger partial charge >= 0.3 is 6.18 Å². The van der Waals surface area contributed by atoms with Crippen LogP contribution >= 0.6 is 0 Å². The van der Waals surface area contributed by atoms with Gasteiger partial charge in [0.1, 0.15) is 11.6 Å². The molecule has 2 aromatic heterocycles. The second kappa shape index (κ2) is 10.0. The van der Waals surface area contributed by atoms with Crippen molar-refractivity contribution in [1.29, 1.82) is 0 Å². The maximum atomic E-state index is 14.4. The molecule has 5 rings (SSSR count). The number of benzene rings is 2. The Morgan fingerprint density at radius 1 is 1.11 bits per heavy atom. The van der Waals surface area contributed by atoms with Crippen molar-refractivity contribution in [2.24, 2.45) is 0 Å². The lowest BCUT2D eigenvalue weighted by molar-refractivity contribution is -0.137. The number of carbonyl (C=O) groups excluding carboxylic acids is 1. The second-order valence-corrected chi connectivity index (χ2v) is 9.44. The topological polar surface area (TPSA) is 63.3 Å². The highest BCUT2D eigenvalue weighted by atomic mass is 19.4. The lowest BCUT2D eigenvalue weighted by Crippen LogP contribution is -2.25. The molecule has 1 unspecified atom stereocenters. The van der Waals surface area contributed by atoms with Crippen molar-refractivity contribution in [3.63, 3.8) is 0 Å². The highest BCUT2D eigenvalue weighted by Gasteiger charge is 2.31. The molecule has 1 aliphatic rings. The average Bonchev–Trinajstić information content (AvgIpc) is 3.40. The van der Waals surface area contributed by atoms with Crippen molar-refractivity contribution in [1.82, 2.24) is 14.6 Å². The molecule has 194 valence electrons. The predicted molar refractivity (Wildman–Crippen MR) is 131 cm³/mol. The predicted octanol–water partition coefficient (Wildman–Crippen LogP) is 6.58. The minimum Gasteiger partial charge on any atom is -0.361 e. The first-order chi connectivity index (χ1) is 17.7. The van der Waals surface area contributed by atoms with Crippen LogP contribution in [0.1, 0.15) is 52.7 Å². The van der Waals surface area contributed by atoms with Gasteiger partial charge in [0.15, 0.2) is 5.69 Å². The van der Waals surface area contributed by atoms with E-state index in [1.165, 1.54) is 6.07 Å². The molecule has 4 aromatic rings. The summed E-state index contributed by atoms with van der Waals surface area (Å²) in [5, 5.41) is 7.56. The molecule has 3 heterocycles. The molecule has 37 heavy (non-hydrogen) atoms. The molecule has 1 fully saturated rings. The Kier molecular flexibility index (Phi) is 6.76. The summed E-state index contributed by atoms with van der Waals surface area (Å²) in [7, 11) is 0. The Hall–Kier alpha value is -3.66. The number of nitrogens with one attached hydrogen (secondary N) is 1. The lowest BCUT2D eigenvalue weighted by atomic mass is 10.1. The molecule has 0 radical (unpaired) electrons. The minimum atomic E-state index is -4.56. The van der Waals surface area contributed by atoms with Crippen LogP contribution < -0.4 is 5.32 Å². The smallest absolute Gasteiger partial charge is 0.361 e. The SMILES string of the molecule is Cc1cc(C(=O)Nc2ccc3c(ccn3C3CCCN(Cc4ccc(C(F)(F)F)cc4F)CC3)c2)no1. The fraction of sp³-hybridized carbons (Fsp3) is 0.333. The molecule has 2 aromatic carbocycles. The number of rotatable bonds is 5.